The van der Waals surface area contributed by atoms with Gasteiger partial charge < -0.3 is 14.8 Å². The molecule has 0 bridgehead atoms. The molecule has 0 amide bonds. The Hall–Kier alpha value is -3.41. The van der Waals surface area contributed by atoms with Crippen LogP contribution < -0.4 is 15.2 Å². The maximum atomic E-state index is 10.8. The van der Waals surface area contributed by atoms with Gasteiger partial charge in [0.2, 0.25) is 5.36 Å². The number of carboxylic acid groups (broad SMARTS) is 1. The number of carboxylic acids is 1. The van der Waals surface area contributed by atoms with Gasteiger partial charge in [-0.15, -0.1) is 0 Å². The minimum absolute atomic E-state index is 0.0473. The molecule has 1 aliphatic heterocycles. The Balaban J connectivity index is 1.95. The third-order valence-corrected chi connectivity index (χ3v) is 4.55. The SMILES string of the molecule is C[N+](C)=c1ccc2nc3c(cc(NCCC(=O)O)c4ccccc43)oc-2c1. The van der Waals surface area contributed by atoms with Gasteiger partial charge in [-0.1, -0.05) is 24.3 Å². The molecule has 0 fully saturated rings. The molecule has 1 aliphatic carbocycles. The maximum Gasteiger partial charge on any atom is 0.305 e. The molecule has 0 saturated heterocycles. The fraction of sp³-hybridized carbons (Fsp3) is 0.190. The first-order valence-corrected chi connectivity index (χ1v) is 8.75. The van der Waals surface area contributed by atoms with E-state index in [2.05, 4.69) is 5.32 Å². The minimum atomic E-state index is -0.832. The highest BCUT2D eigenvalue weighted by molar-refractivity contribution is 6.10. The van der Waals surface area contributed by atoms with Crippen molar-refractivity contribution in [3.8, 4) is 11.5 Å². The normalized spacial score (nSPS) is 11.2. The average Bonchev–Trinajstić information content (AvgIpc) is 2.66. The summed E-state index contributed by atoms with van der Waals surface area (Å²) in [5.74, 6) is -0.123. The largest absolute Gasteiger partial charge is 0.481 e. The quantitative estimate of drug-likeness (QED) is 0.331. The predicted octanol–water partition coefficient (Wildman–Crippen LogP) is 3.00. The third-order valence-electron chi connectivity index (χ3n) is 4.55. The van der Waals surface area contributed by atoms with Gasteiger partial charge in [0.25, 0.3) is 0 Å². The molecule has 0 unspecified atom stereocenters. The van der Waals surface area contributed by atoms with Crippen molar-refractivity contribution < 1.29 is 14.3 Å². The molecular weight excluding hydrogens is 342 g/mol. The highest BCUT2D eigenvalue weighted by Gasteiger charge is 2.14. The minimum Gasteiger partial charge on any atom is -0.481 e. The molecular formula is C21H20N3O3+. The fourth-order valence-corrected chi connectivity index (χ4v) is 3.17. The summed E-state index contributed by atoms with van der Waals surface area (Å²) in [5, 5.41) is 15.1. The molecule has 2 aromatic carbocycles. The van der Waals surface area contributed by atoms with E-state index in [1.807, 2.05) is 67.2 Å². The van der Waals surface area contributed by atoms with Crippen molar-refractivity contribution in [2.45, 2.75) is 6.42 Å². The number of hydrogen-bond donors (Lipinski definition) is 2. The van der Waals surface area contributed by atoms with Gasteiger partial charge >= 0.3 is 5.97 Å². The number of hydrogen-bond acceptors (Lipinski definition) is 4. The van der Waals surface area contributed by atoms with E-state index in [9.17, 15) is 4.79 Å². The van der Waals surface area contributed by atoms with Crippen LogP contribution in [0.4, 0.5) is 5.69 Å². The summed E-state index contributed by atoms with van der Waals surface area (Å²) in [7, 11) is 3.96. The van der Waals surface area contributed by atoms with Gasteiger partial charge in [-0.25, -0.2) is 9.56 Å². The first-order valence-electron chi connectivity index (χ1n) is 8.75. The topological polar surface area (TPSA) is 78.4 Å². The maximum absolute atomic E-state index is 10.8. The van der Waals surface area contributed by atoms with E-state index in [-0.39, 0.29) is 6.42 Å². The Bertz CT molecular complexity index is 1210. The second-order valence-corrected chi connectivity index (χ2v) is 6.65. The van der Waals surface area contributed by atoms with Crippen LogP contribution in [0, 0.1) is 0 Å². The molecule has 2 aliphatic rings. The van der Waals surface area contributed by atoms with Gasteiger partial charge in [-0.3, -0.25) is 4.79 Å². The molecule has 2 aromatic rings. The van der Waals surface area contributed by atoms with Crippen molar-refractivity contribution >= 4 is 33.5 Å². The number of carbonyl (C=O) groups is 1. The Morgan fingerprint density at radius 1 is 1.15 bits per heavy atom. The van der Waals surface area contributed by atoms with Gasteiger partial charge in [-0.2, -0.15) is 0 Å². The lowest BCUT2D eigenvalue weighted by molar-refractivity contribution is -0.136. The van der Waals surface area contributed by atoms with Crippen molar-refractivity contribution in [1.82, 2.24) is 9.56 Å². The van der Waals surface area contributed by atoms with E-state index in [0.29, 0.717) is 17.9 Å². The number of nitrogens with zero attached hydrogens (tertiary/aromatic N) is 2. The summed E-state index contributed by atoms with van der Waals surface area (Å²) in [6.45, 7) is 0.344. The Kier molecular flexibility index (Phi) is 4.24. The summed E-state index contributed by atoms with van der Waals surface area (Å²) >= 11 is 0. The standard InChI is InChI=1S/C21H19N3O3/c1-24(2)13-7-8-16-18(11-13)27-19-12-17(22-10-9-20(25)26)14-5-3-4-6-15(14)21(19)23-16/h3-8,11-12H,9-10H2,1-2H3,(H,25,26)/p+1. The summed E-state index contributed by atoms with van der Waals surface area (Å²) in [5.41, 5.74) is 3.09. The Morgan fingerprint density at radius 2 is 1.93 bits per heavy atom. The van der Waals surface area contributed by atoms with Gasteiger partial charge in [0, 0.05) is 35.1 Å². The van der Waals surface area contributed by atoms with Crippen LogP contribution in [0.1, 0.15) is 6.42 Å². The molecule has 4 rings (SSSR count). The zero-order chi connectivity index (χ0) is 19.0. The molecule has 0 radical (unpaired) electrons. The fourth-order valence-electron chi connectivity index (χ4n) is 3.17. The number of aliphatic carboxylic acids is 1. The van der Waals surface area contributed by atoms with Gasteiger partial charge in [0.1, 0.15) is 25.3 Å². The number of nitrogens with one attached hydrogen (secondary N) is 1. The monoisotopic (exact) mass is 362 g/mol. The van der Waals surface area contributed by atoms with Crippen LogP contribution in [0.3, 0.4) is 0 Å². The summed E-state index contributed by atoms with van der Waals surface area (Å²) < 4.78 is 8.18. The second-order valence-electron chi connectivity index (χ2n) is 6.65. The van der Waals surface area contributed by atoms with Crippen molar-refractivity contribution in [3.63, 3.8) is 0 Å². The van der Waals surface area contributed by atoms with Crippen molar-refractivity contribution in [2.75, 3.05) is 26.0 Å². The van der Waals surface area contributed by atoms with Crippen LogP contribution >= 0.6 is 0 Å². The zero-order valence-electron chi connectivity index (χ0n) is 15.2. The smallest absolute Gasteiger partial charge is 0.305 e. The molecule has 2 N–H and O–H groups in total. The Labute approximate surface area is 155 Å². The van der Waals surface area contributed by atoms with E-state index in [0.717, 1.165) is 33.0 Å². The van der Waals surface area contributed by atoms with Crippen LogP contribution in [-0.4, -0.2) is 36.7 Å². The van der Waals surface area contributed by atoms with Crippen LogP contribution in [0.2, 0.25) is 0 Å². The predicted molar refractivity (Wildman–Crippen MR) is 106 cm³/mol. The molecule has 27 heavy (non-hydrogen) atoms. The molecule has 1 heterocycles. The number of anilines is 1. The number of aromatic nitrogens is 1. The molecule has 0 aromatic heterocycles. The molecule has 0 atom stereocenters. The molecule has 136 valence electrons. The van der Waals surface area contributed by atoms with Gasteiger partial charge in [0.15, 0.2) is 11.3 Å². The first kappa shape index (κ1) is 17.0. The third kappa shape index (κ3) is 3.21. The molecule has 6 heteroatoms. The zero-order valence-corrected chi connectivity index (χ0v) is 15.2. The van der Waals surface area contributed by atoms with Crippen molar-refractivity contribution in [3.05, 3.63) is 53.9 Å². The van der Waals surface area contributed by atoms with E-state index in [1.54, 1.807) is 0 Å². The second kappa shape index (κ2) is 6.72. The van der Waals surface area contributed by atoms with Crippen LogP contribution in [-0.2, 0) is 4.79 Å². The van der Waals surface area contributed by atoms with E-state index >= 15 is 0 Å². The van der Waals surface area contributed by atoms with Crippen molar-refractivity contribution in [1.29, 1.82) is 0 Å². The highest BCUT2D eigenvalue weighted by Crippen LogP contribution is 2.33. The first-order chi connectivity index (χ1) is 13.0. The lowest BCUT2D eigenvalue weighted by Gasteiger charge is -2.13. The van der Waals surface area contributed by atoms with E-state index in [1.165, 1.54) is 0 Å². The van der Waals surface area contributed by atoms with Crippen LogP contribution in [0.15, 0.2) is 52.9 Å². The van der Waals surface area contributed by atoms with Crippen LogP contribution in [0.5, 0.6) is 0 Å². The highest BCUT2D eigenvalue weighted by atomic mass is 16.4. The summed E-state index contributed by atoms with van der Waals surface area (Å²) in [6.07, 6.45) is 0.0473. The van der Waals surface area contributed by atoms with Crippen LogP contribution in [0.25, 0.3) is 33.3 Å². The number of fused-ring (bicyclic) bond motifs is 4. The lowest BCUT2D eigenvalue weighted by Crippen LogP contribution is -2.21. The summed E-state index contributed by atoms with van der Waals surface area (Å²) in [4.78, 5) is 15.6. The molecule has 0 saturated carbocycles. The van der Waals surface area contributed by atoms with E-state index in [4.69, 9.17) is 14.5 Å². The molecule has 6 nitrogen and oxygen atoms in total. The molecule has 0 spiro atoms. The number of rotatable bonds is 4. The summed E-state index contributed by atoms with van der Waals surface area (Å²) in [6, 6.07) is 15.8. The lowest BCUT2D eigenvalue weighted by atomic mass is 10.1. The average molecular weight is 362 g/mol. The van der Waals surface area contributed by atoms with Gasteiger partial charge in [0.05, 0.1) is 12.5 Å². The van der Waals surface area contributed by atoms with E-state index < -0.39 is 5.97 Å². The van der Waals surface area contributed by atoms with Crippen molar-refractivity contribution in [2.24, 2.45) is 0 Å². The van der Waals surface area contributed by atoms with Gasteiger partial charge in [-0.05, 0) is 6.07 Å². The Morgan fingerprint density at radius 3 is 2.67 bits per heavy atom. The number of benzene rings is 3.